The molecule has 112 valence electrons. The van der Waals surface area contributed by atoms with Crippen LogP contribution in [0, 0.1) is 6.92 Å². The van der Waals surface area contributed by atoms with Crippen LogP contribution in [0.15, 0.2) is 40.9 Å². The summed E-state index contributed by atoms with van der Waals surface area (Å²) in [6, 6.07) is 12.2. The van der Waals surface area contributed by atoms with Crippen LogP contribution in [0.25, 0.3) is 0 Å². The van der Waals surface area contributed by atoms with E-state index >= 15 is 0 Å². The van der Waals surface area contributed by atoms with Crippen molar-refractivity contribution in [3.63, 3.8) is 0 Å². The summed E-state index contributed by atoms with van der Waals surface area (Å²) in [6.07, 6.45) is 0. The second kappa shape index (κ2) is 6.41. The lowest BCUT2D eigenvalue weighted by atomic mass is 9.86. The lowest BCUT2D eigenvalue weighted by Crippen LogP contribution is -2.11. The summed E-state index contributed by atoms with van der Waals surface area (Å²) in [5.74, 6) is 0.905. The van der Waals surface area contributed by atoms with Gasteiger partial charge in [-0.25, -0.2) is 0 Å². The summed E-state index contributed by atoms with van der Waals surface area (Å²) in [7, 11) is 0. The van der Waals surface area contributed by atoms with Crippen LogP contribution in [0.2, 0.25) is 5.02 Å². The molecule has 1 nitrogen and oxygen atoms in total. The maximum absolute atomic E-state index is 6.21. The minimum Gasteiger partial charge on any atom is -0.489 e. The van der Waals surface area contributed by atoms with Gasteiger partial charge in [-0.15, -0.1) is 0 Å². The van der Waals surface area contributed by atoms with Gasteiger partial charge in [0.25, 0.3) is 0 Å². The van der Waals surface area contributed by atoms with E-state index < -0.39 is 0 Å². The molecule has 0 spiro atoms. The molecular weight excluding hydrogens is 348 g/mol. The average molecular weight is 368 g/mol. The van der Waals surface area contributed by atoms with Gasteiger partial charge in [0.1, 0.15) is 12.4 Å². The molecule has 0 amide bonds. The normalized spacial score (nSPS) is 11.5. The summed E-state index contributed by atoms with van der Waals surface area (Å²) in [4.78, 5) is 0. The van der Waals surface area contributed by atoms with Crippen molar-refractivity contribution in [1.29, 1.82) is 0 Å². The van der Waals surface area contributed by atoms with Gasteiger partial charge in [0.2, 0.25) is 0 Å². The zero-order valence-electron chi connectivity index (χ0n) is 12.8. The van der Waals surface area contributed by atoms with Crippen molar-refractivity contribution in [1.82, 2.24) is 0 Å². The molecule has 3 heteroatoms. The predicted octanol–water partition coefficient (Wildman–Crippen LogP) is 6.29. The molecule has 2 aromatic rings. The van der Waals surface area contributed by atoms with Crippen molar-refractivity contribution in [2.24, 2.45) is 0 Å². The molecule has 0 aliphatic heterocycles. The first kappa shape index (κ1) is 16.4. The third kappa shape index (κ3) is 4.24. The Kier molecular flexibility index (Phi) is 5.00. The lowest BCUT2D eigenvalue weighted by molar-refractivity contribution is 0.304. The Morgan fingerprint density at radius 3 is 2.38 bits per heavy atom. The average Bonchev–Trinajstić information content (AvgIpc) is 2.38. The standard InChI is InChI=1S/C18H20BrClO/c1-12-9-14(18(2,3)4)6-8-17(12)21-11-13-5-7-15(19)10-16(13)20/h5-10H,11H2,1-4H3. The van der Waals surface area contributed by atoms with Gasteiger partial charge in [-0.2, -0.15) is 0 Å². The molecule has 0 fully saturated rings. The Morgan fingerprint density at radius 1 is 1.10 bits per heavy atom. The fourth-order valence-electron chi connectivity index (χ4n) is 2.07. The molecule has 0 N–H and O–H groups in total. The first-order valence-electron chi connectivity index (χ1n) is 6.95. The Balaban J connectivity index is 2.13. The molecule has 0 atom stereocenters. The third-order valence-electron chi connectivity index (χ3n) is 3.44. The van der Waals surface area contributed by atoms with Crippen LogP contribution in [0.1, 0.15) is 37.5 Å². The Labute approximate surface area is 140 Å². The Hall–Kier alpha value is -0.990. The second-order valence-electron chi connectivity index (χ2n) is 6.25. The maximum Gasteiger partial charge on any atom is 0.122 e. The van der Waals surface area contributed by atoms with E-state index in [0.717, 1.165) is 21.3 Å². The van der Waals surface area contributed by atoms with E-state index in [1.165, 1.54) is 5.56 Å². The van der Waals surface area contributed by atoms with E-state index in [1.54, 1.807) is 0 Å². The van der Waals surface area contributed by atoms with Gasteiger partial charge < -0.3 is 4.74 Å². The van der Waals surface area contributed by atoms with E-state index in [1.807, 2.05) is 24.3 Å². The molecule has 0 saturated heterocycles. The minimum absolute atomic E-state index is 0.151. The van der Waals surface area contributed by atoms with Crippen molar-refractivity contribution in [2.45, 2.75) is 39.7 Å². The highest BCUT2D eigenvalue weighted by Gasteiger charge is 2.14. The fourth-order valence-corrected chi connectivity index (χ4v) is 2.80. The maximum atomic E-state index is 6.21. The fraction of sp³-hybridized carbons (Fsp3) is 0.333. The number of ether oxygens (including phenoxy) is 1. The molecule has 2 aromatic carbocycles. The highest BCUT2D eigenvalue weighted by Crippen LogP contribution is 2.29. The van der Waals surface area contributed by atoms with Crippen molar-refractivity contribution < 1.29 is 4.74 Å². The van der Waals surface area contributed by atoms with E-state index in [4.69, 9.17) is 16.3 Å². The number of hydrogen-bond acceptors (Lipinski definition) is 1. The van der Waals surface area contributed by atoms with Crippen molar-refractivity contribution >= 4 is 27.5 Å². The highest BCUT2D eigenvalue weighted by molar-refractivity contribution is 9.10. The van der Waals surface area contributed by atoms with Crippen LogP contribution in [0.4, 0.5) is 0 Å². The number of hydrogen-bond donors (Lipinski definition) is 0. The number of rotatable bonds is 3. The molecule has 0 saturated carbocycles. The van der Waals surface area contributed by atoms with Gasteiger partial charge in [-0.1, -0.05) is 66.5 Å². The van der Waals surface area contributed by atoms with Gasteiger partial charge in [0.15, 0.2) is 0 Å². The van der Waals surface area contributed by atoms with E-state index in [0.29, 0.717) is 11.6 Å². The lowest BCUT2D eigenvalue weighted by Gasteiger charge is -2.20. The van der Waals surface area contributed by atoms with Crippen LogP contribution in [-0.4, -0.2) is 0 Å². The molecule has 0 aliphatic carbocycles. The largest absolute Gasteiger partial charge is 0.489 e. The van der Waals surface area contributed by atoms with Crippen LogP contribution < -0.4 is 4.74 Å². The summed E-state index contributed by atoms with van der Waals surface area (Å²) >= 11 is 9.62. The van der Waals surface area contributed by atoms with Crippen molar-refractivity contribution in [3.8, 4) is 5.75 Å². The number of aryl methyl sites for hydroxylation is 1. The molecule has 0 bridgehead atoms. The molecule has 0 aliphatic rings. The van der Waals surface area contributed by atoms with E-state index in [-0.39, 0.29) is 5.41 Å². The first-order valence-corrected chi connectivity index (χ1v) is 8.12. The minimum atomic E-state index is 0.151. The molecule has 2 rings (SSSR count). The summed E-state index contributed by atoms with van der Waals surface area (Å²) < 4.78 is 6.89. The van der Waals surface area contributed by atoms with Gasteiger partial charge in [0, 0.05) is 15.1 Å². The third-order valence-corrected chi connectivity index (χ3v) is 4.28. The Bertz CT molecular complexity index is 644. The predicted molar refractivity (Wildman–Crippen MR) is 93.4 cm³/mol. The van der Waals surface area contributed by atoms with Crippen LogP contribution in [-0.2, 0) is 12.0 Å². The van der Waals surface area contributed by atoms with Gasteiger partial charge in [-0.05, 0) is 41.7 Å². The van der Waals surface area contributed by atoms with Gasteiger partial charge in [0.05, 0.1) is 0 Å². The first-order chi connectivity index (χ1) is 9.77. The zero-order valence-corrected chi connectivity index (χ0v) is 15.2. The van der Waals surface area contributed by atoms with Crippen LogP contribution >= 0.6 is 27.5 Å². The highest BCUT2D eigenvalue weighted by atomic mass is 79.9. The molecule has 0 unspecified atom stereocenters. The smallest absolute Gasteiger partial charge is 0.122 e. The second-order valence-corrected chi connectivity index (χ2v) is 7.58. The molecule has 21 heavy (non-hydrogen) atoms. The Morgan fingerprint density at radius 2 is 1.81 bits per heavy atom. The zero-order chi connectivity index (χ0) is 15.6. The molecular formula is C18H20BrClO. The summed E-state index contributed by atoms with van der Waals surface area (Å²) in [5, 5.41) is 0.716. The van der Waals surface area contributed by atoms with Crippen LogP contribution in [0.3, 0.4) is 0 Å². The van der Waals surface area contributed by atoms with Gasteiger partial charge in [-0.3, -0.25) is 0 Å². The topological polar surface area (TPSA) is 9.23 Å². The monoisotopic (exact) mass is 366 g/mol. The molecule has 0 radical (unpaired) electrons. The number of halogens is 2. The van der Waals surface area contributed by atoms with Crippen molar-refractivity contribution in [3.05, 3.63) is 62.6 Å². The van der Waals surface area contributed by atoms with E-state index in [9.17, 15) is 0 Å². The SMILES string of the molecule is Cc1cc(C(C)(C)C)ccc1OCc1ccc(Br)cc1Cl. The van der Waals surface area contributed by atoms with E-state index in [2.05, 4.69) is 55.8 Å². The van der Waals surface area contributed by atoms with Crippen LogP contribution in [0.5, 0.6) is 5.75 Å². The summed E-state index contributed by atoms with van der Waals surface area (Å²) in [5.41, 5.74) is 3.60. The van der Waals surface area contributed by atoms with Gasteiger partial charge >= 0.3 is 0 Å². The molecule has 0 aromatic heterocycles. The summed E-state index contributed by atoms with van der Waals surface area (Å²) in [6.45, 7) is 9.19. The molecule has 0 heterocycles. The number of benzene rings is 2. The van der Waals surface area contributed by atoms with Crippen molar-refractivity contribution in [2.75, 3.05) is 0 Å². The quantitative estimate of drug-likeness (QED) is 0.619.